The summed E-state index contributed by atoms with van der Waals surface area (Å²) in [5.41, 5.74) is 3.98. The van der Waals surface area contributed by atoms with Crippen molar-refractivity contribution in [2.75, 3.05) is 19.0 Å². The lowest BCUT2D eigenvalue weighted by Gasteiger charge is -2.30. The summed E-state index contributed by atoms with van der Waals surface area (Å²) in [6.07, 6.45) is 8.09. The Morgan fingerprint density at radius 1 is 1.27 bits per heavy atom. The molecule has 1 fully saturated rings. The third kappa shape index (κ3) is 4.61. The molecule has 22 heavy (non-hydrogen) atoms. The van der Waals surface area contributed by atoms with Crippen molar-refractivity contribution in [3.8, 4) is 0 Å². The molecule has 120 valence electrons. The van der Waals surface area contributed by atoms with Crippen LogP contribution in [0.5, 0.6) is 0 Å². The van der Waals surface area contributed by atoms with Crippen molar-refractivity contribution < 1.29 is 4.79 Å². The van der Waals surface area contributed by atoms with Crippen LogP contribution >= 0.6 is 11.6 Å². The number of nitrogens with zero attached hydrogens (tertiary/aromatic N) is 1. The van der Waals surface area contributed by atoms with Crippen LogP contribution in [0, 0.1) is 19.8 Å². The van der Waals surface area contributed by atoms with Gasteiger partial charge in [0, 0.05) is 25.4 Å². The number of amides is 1. The van der Waals surface area contributed by atoms with E-state index in [-0.39, 0.29) is 5.91 Å². The molecule has 0 aliphatic carbocycles. The van der Waals surface area contributed by atoms with Crippen molar-refractivity contribution in [2.45, 2.75) is 39.5 Å². The fourth-order valence-electron chi connectivity index (χ4n) is 3.04. The molecule has 1 aromatic rings. The Balaban J connectivity index is 1.87. The van der Waals surface area contributed by atoms with E-state index in [1.807, 2.05) is 4.90 Å². The molecule has 1 aliphatic heterocycles. The summed E-state index contributed by atoms with van der Waals surface area (Å²) in [6.45, 7) is 6.07. The Labute approximate surface area is 139 Å². The minimum atomic E-state index is 0.262. The van der Waals surface area contributed by atoms with Crippen LogP contribution in [0.4, 0.5) is 0 Å². The smallest absolute Gasteiger partial charge is 0.222 e. The van der Waals surface area contributed by atoms with Gasteiger partial charge in [0.05, 0.1) is 0 Å². The average molecular weight is 320 g/mol. The SMILES string of the molecule is Cc1cccc(C)c1/C=C/C1CCN(C(=O)CCCCl)CC1. The van der Waals surface area contributed by atoms with Gasteiger partial charge in [-0.25, -0.2) is 0 Å². The molecule has 0 saturated carbocycles. The van der Waals surface area contributed by atoms with Gasteiger partial charge in [0.1, 0.15) is 0 Å². The molecule has 3 heteroatoms. The molecule has 1 aromatic carbocycles. The maximum atomic E-state index is 12.0. The second-order valence-electron chi connectivity index (χ2n) is 6.18. The zero-order valence-corrected chi connectivity index (χ0v) is 14.4. The van der Waals surface area contributed by atoms with Gasteiger partial charge in [-0.15, -0.1) is 11.6 Å². The summed E-state index contributed by atoms with van der Waals surface area (Å²) in [5.74, 6) is 1.41. The number of allylic oxidation sites excluding steroid dienone is 1. The van der Waals surface area contributed by atoms with Crippen LogP contribution < -0.4 is 0 Å². The van der Waals surface area contributed by atoms with Crippen LogP contribution in [0.1, 0.15) is 42.4 Å². The largest absolute Gasteiger partial charge is 0.343 e. The summed E-state index contributed by atoms with van der Waals surface area (Å²) in [7, 11) is 0. The van der Waals surface area contributed by atoms with Gasteiger partial charge in [0.15, 0.2) is 0 Å². The highest BCUT2D eigenvalue weighted by Gasteiger charge is 2.20. The number of alkyl halides is 1. The fourth-order valence-corrected chi connectivity index (χ4v) is 3.17. The summed E-state index contributed by atoms with van der Waals surface area (Å²) >= 11 is 5.65. The van der Waals surface area contributed by atoms with Crippen molar-refractivity contribution in [1.82, 2.24) is 4.90 Å². The van der Waals surface area contributed by atoms with Gasteiger partial charge in [-0.1, -0.05) is 30.4 Å². The number of piperidine rings is 1. The van der Waals surface area contributed by atoms with Gasteiger partial charge in [-0.2, -0.15) is 0 Å². The molecule has 2 rings (SSSR count). The number of aryl methyl sites for hydroxylation is 2. The molecule has 2 nitrogen and oxygen atoms in total. The first-order valence-electron chi connectivity index (χ1n) is 8.20. The molecule has 1 heterocycles. The van der Waals surface area contributed by atoms with Crippen LogP contribution in [-0.2, 0) is 4.79 Å². The molecular weight excluding hydrogens is 294 g/mol. The molecule has 0 unspecified atom stereocenters. The van der Waals surface area contributed by atoms with Crippen molar-refractivity contribution in [1.29, 1.82) is 0 Å². The Hall–Kier alpha value is -1.28. The van der Waals surface area contributed by atoms with Crippen LogP contribution in [0.15, 0.2) is 24.3 Å². The van der Waals surface area contributed by atoms with Gasteiger partial charge < -0.3 is 4.90 Å². The Bertz CT molecular complexity index is 510. The summed E-state index contributed by atoms with van der Waals surface area (Å²) in [6, 6.07) is 6.42. The van der Waals surface area contributed by atoms with Crippen LogP contribution in [-0.4, -0.2) is 29.8 Å². The molecule has 0 bridgehead atoms. The molecule has 1 saturated heterocycles. The molecule has 0 aromatic heterocycles. The number of rotatable bonds is 5. The van der Waals surface area contributed by atoms with Crippen molar-refractivity contribution in [2.24, 2.45) is 5.92 Å². The first kappa shape index (κ1) is 17.1. The van der Waals surface area contributed by atoms with E-state index in [1.165, 1.54) is 16.7 Å². The molecule has 0 spiro atoms. The van der Waals surface area contributed by atoms with Gasteiger partial charge in [0.25, 0.3) is 0 Å². The zero-order valence-electron chi connectivity index (χ0n) is 13.6. The van der Waals surface area contributed by atoms with E-state index in [4.69, 9.17) is 11.6 Å². The number of carbonyl (C=O) groups excluding carboxylic acids is 1. The van der Waals surface area contributed by atoms with Gasteiger partial charge >= 0.3 is 0 Å². The molecule has 0 N–H and O–H groups in total. The van der Waals surface area contributed by atoms with Gasteiger partial charge in [0.2, 0.25) is 5.91 Å². The molecule has 0 radical (unpaired) electrons. The zero-order chi connectivity index (χ0) is 15.9. The highest BCUT2D eigenvalue weighted by atomic mass is 35.5. The third-order valence-corrected chi connectivity index (χ3v) is 4.76. The molecule has 1 amide bonds. The standard InChI is InChI=1S/C19H26ClNO/c1-15-5-3-6-16(2)18(15)9-8-17-10-13-21(14-11-17)19(22)7-4-12-20/h3,5-6,8-9,17H,4,7,10-14H2,1-2H3/b9-8+. The minimum Gasteiger partial charge on any atom is -0.343 e. The summed E-state index contributed by atoms with van der Waals surface area (Å²) in [4.78, 5) is 14.0. The Kier molecular flexibility index (Phi) is 6.50. The highest BCUT2D eigenvalue weighted by Crippen LogP contribution is 2.22. The lowest BCUT2D eigenvalue weighted by molar-refractivity contribution is -0.132. The number of likely N-dealkylation sites (tertiary alicyclic amines) is 1. The van der Waals surface area contributed by atoms with Crippen LogP contribution in [0.2, 0.25) is 0 Å². The lowest BCUT2D eigenvalue weighted by atomic mass is 9.94. The minimum absolute atomic E-state index is 0.262. The Morgan fingerprint density at radius 2 is 1.91 bits per heavy atom. The molecular formula is C19H26ClNO. The van der Waals surface area contributed by atoms with E-state index in [1.54, 1.807) is 0 Å². The maximum absolute atomic E-state index is 12.0. The van der Waals surface area contributed by atoms with Crippen molar-refractivity contribution in [3.63, 3.8) is 0 Å². The van der Waals surface area contributed by atoms with Crippen LogP contribution in [0.3, 0.4) is 0 Å². The first-order chi connectivity index (χ1) is 10.6. The first-order valence-corrected chi connectivity index (χ1v) is 8.73. The maximum Gasteiger partial charge on any atom is 0.222 e. The highest BCUT2D eigenvalue weighted by molar-refractivity contribution is 6.17. The number of hydrogen-bond acceptors (Lipinski definition) is 1. The second-order valence-corrected chi connectivity index (χ2v) is 6.55. The topological polar surface area (TPSA) is 20.3 Å². The number of benzene rings is 1. The summed E-state index contributed by atoms with van der Waals surface area (Å²) < 4.78 is 0. The Morgan fingerprint density at radius 3 is 2.50 bits per heavy atom. The van der Waals surface area contributed by atoms with Crippen molar-refractivity contribution >= 4 is 23.6 Å². The number of hydrogen-bond donors (Lipinski definition) is 0. The monoisotopic (exact) mass is 319 g/mol. The van der Waals surface area contributed by atoms with Crippen molar-refractivity contribution in [3.05, 3.63) is 41.0 Å². The molecule has 1 aliphatic rings. The van der Waals surface area contributed by atoms with Crippen LogP contribution in [0.25, 0.3) is 6.08 Å². The number of halogens is 1. The number of carbonyl (C=O) groups is 1. The predicted octanol–water partition coefficient (Wildman–Crippen LogP) is 4.57. The normalized spacial score (nSPS) is 16.4. The van der Waals surface area contributed by atoms with E-state index >= 15 is 0 Å². The van der Waals surface area contributed by atoms with Gasteiger partial charge in [-0.05, 0) is 55.7 Å². The van der Waals surface area contributed by atoms with E-state index < -0.39 is 0 Å². The van der Waals surface area contributed by atoms with Gasteiger partial charge in [-0.3, -0.25) is 4.79 Å². The lowest BCUT2D eigenvalue weighted by Crippen LogP contribution is -2.38. The summed E-state index contributed by atoms with van der Waals surface area (Å²) in [5, 5.41) is 0. The van der Waals surface area contributed by atoms with E-state index in [2.05, 4.69) is 44.2 Å². The quantitative estimate of drug-likeness (QED) is 0.728. The predicted molar refractivity (Wildman–Crippen MR) is 94.2 cm³/mol. The third-order valence-electron chi connectivity index (χ3n) is 4.49. The molecule has 0 atom stereocenters. The fraction of sp³-hybridized carbons (Fsp3) is 0.526. The van der Waals surface area contributed by atoms with E-state index in [0.717, 1.165) is 32.4 Å². The average Bonchev–Trinajstić information content (AvgIpc) is 2.52. The van der Waals surface area contributed by atoms with E-state index in [0.29, 0.717) is 18.2 Å². The second kappa shape index (κ2) is 8.38. The van der Waals surface area contributed by atoms with E-state index in [9.17, 15) is 4.79 Å².